The van der Waals surface area contributed by atoms with Crippen LogP contribution in [-0.4, -0.2) is 6.18 Å². The van der Waals surface area contributed by atoms with Gasteiger partial charge in [0.1, 0.15) is 0 Å². The molecule has 1 atom stereocenters. The van der Waals surface area contributed by atoms with Crippen molar-refractivity contribution in [1.29, 1.82) is 0 Å². The summed E-state index contributed by atoms with van der Waals surface area (Å²) in [6, 6.07) is 12.6. The number of rotatable bonds is 4. The Labute approximate surface area is 134 Å². The van der Waals surface area contributed by atoms with E-state index in [1.165, 1.54) is 0 Å². The fourth-order valence-corrected chi connectivity index (χ4v) is 2.76. The molecule has 2 aromatic carbocycles. The van der Waals surface area contributed by atoms with E-state index in [1.54, 1.807) is 48.5 Å². The van der Waals surface area contributed by atoms with Crippen molar-refractivity contribution in [2.24, 2.45) is 0 Å². The topological polar surface area (TPSA) is 12.0 Å². The number of hydrogen-bond acceptors (Lipinski definition) is 1. The lowest BCUT2D eigenvalue weighted by Gasteiger charge is -2.22. The lowest BCUT2D eigenvalue weighted by Crippen LogP contribution is -2.20. The van der Waals surface area contributed by atoms with E-state index in [-0.39, 0.29) is 0 Å². The van der Waals surface area contributed by atoms with E-state index in [4.69, 9.17) is 11.6 Å². The molecule has 0 spiro atoms. The predicted octanol–water partition coefficient (Wildman–Crippen LogP) is 6.21. The van der Waals surface area contributed by atoms with Crippen LogP contribution in [-0.2, 0) is 0 Å². The summed E-state index contributed by atoms with van der Waals surface area (Å²) in [5, 5.41) is 3.44. The lowest BCUT2D eigenvalue weighted by molar-refractivity contribution is -0.137. The first-order chi connectivity index (χ1) is 9.85. The molecular weight excluding hydrogens is 367 g/mol. The number of anilines is 1. The molecule has 0 saturated carbocycles. The highest BCUT2D eigenvalue weighted by Crippen LogP contribution is 2.35. The average Bonchev–Trinajstić information content (AvgIpc) is 2.40. The minimum absolute atomic E-state index is 0.513. The summed E-state index contributed by atoms with van der Waals surface area (Å²) < 4.78 is 39.0. The van der Waals surface area contributed by atoms with Gasteiger partial charge in [-0.3, -0.25) is 0 Å². The van der Waals surface area contributed by atoms with Gasteiger partial charge >= 0.3 is 6.18 Å². The van der Waals surface area contributed by atoms with E-state index in [9.17, 15) is 13.2 Å². The SMILES string of the molecule is FC(F)(F)CC(Nc1ccc(Cl)cc1Br)c1ccccc1. The van der Waals surface area contributed by atoms with Crippen LogP contribution in [0.3, 0.4) is 0 Å². The van der Waals surface area contributed by atoms with Crippen molar-refractivity contribution in [1.82, 2.24) is 0 Å². The van der Waals surface area contributed by atoms with Crippen LogP contribution >= 0.6 is 27.5 Å². The molecule has 0 aliphatic carbocycles. The molecule has 1 unspecified atom stereocenters. The Morgan fingerprint density at radius 3 is 2.33 bits per heavy atom. The Bertz CT molecular complexity index is 602. The van der Waals surface area contributed by atoms with E-state index < -0.39 is 18.6 Å². The van der Waals surface area contributed by atoms with Crippen LogP contribution in [0.25, 0.3) is 0 Å². The quantitative estimate of drug-likeness (QED) is 0.667. The zero-order chi connectivity index (χ0) is 15.5. The van der Waals surface area contributed by atoms with Crippen molar-refractivity contribution in [2.45, 2.75) is 18.6 Å². The molecule has 0 radical (unpaired) electrons. The summed E-state index contributed by atoms with van der Waals surface area (Å²) in [5.41, 5.74) is 1.15. The van der Waals surface area contributed by atoms with Gasteiger partial charge in [0.05, 0.1) is 12.5 Å². The molecule has 0 saturated heterocycles. The number of alkyl halides is 3. The Hall–Kier alpha value is -1.20. The van der Waals surface area contributed by atoms with E-state index in [0.717, 1.165) is 0 Å². The minimum atomic E-state index is -4.26. The van der Waals surface area contributed by atoms with Crippen LogP contribution in [0.4, 0.5) is 18.9 Å². The van der Waals surface area contributed by atoms with Gasteiger partial charge in [0.15, 0.2) is 0 Å². The van der Waals surface area contributed by atoms with Crippen LogP contribution < -0.4 is 5.32 Å². The van der Waals surface area contributed by atoms with Crippen molar-refractivity contribution in [2.75, 3.05) is 5.32 Å². The highest BCUT2D eigenvalue weighted by Gasteiger charge is 2.32. The average molecular weight is 379 g/mol. The zero-order valence-corrected chi connectivity index (χ0v) is 13.1. The third-order valence-electron chi connectivity index (χ3n) is 2.90. The first kappa shape index (κ1) is 16.2. The normalized spacial score (nSPS) is 13.0. The maximum Gasteiger partial charge on any atom is 0.391 e. The molecule has 21 heavy (non-hydrogen) atoms. The van der Waals surface area contributed by atoms with E-state index >= 15 is 0 Å². The van der Waals surface area contributed by atoms with Gasteiger partial charge in [-0.05, 0) is 39.7 Å². The standard InChI is InChI=1S/C15H12BrClF3N/c16-12-8-11(17)6-7-13(12)21-14(9-15(18,19)20)10-4-2-1-3-5-10/h1-8,14,21H,9H2. The fraction of sp³-hybridized carbons (Fsp3) is 0.200. The number of benzene rings is 2. The summed E-state index contributed by atoms with van der Waals surface area (Å²) >= 11 is 9.14. The van der Waals surface area contributed by atoms with Crippen LogP contribution in [0.5, 0.6) is 0 Å². The fourth-order valence-electron chi connectivity index (χ4n) is 1.96. The number of hydrogen-bond donors (Lipinski definition) is 1. The van der Waals surface area contributed by atoms with E-state index in [0.29, 0.717) is 20.7 Å². The van der Waals surface area contributed by atoms with Crippen molar-refractivity contribution in [3.05, 3.63) is 63.6 Å². The minimum Gasteiger partial charge on any atom is -0.377 e. The number of halogens is 5. The van der Waals surface area contributed by atoms with Crippen molar-refractivity contribution >= 4 is 33.2 Å². The number of nitrogens with one attached hydrogen (secondary N) is 1. The van der Waals surface area contributed by atoms with Gasteiger partial charge in [-0.1, -0.05) is 41.9 Å². The van der Waals surface area contributed by atoms with Crippen LogP contribution in [0.1, 0.15) is 18.0 Å². The second-order valence-electron chi connectivity index (χ2n) is 4.55. The van der Waals surface area contributed by atoms with Crippen LogP contribution in [0.15, 0.2) is 53.0 Å². The van der Waals surface area contributed by atoms with Gasteiger partial charge in [0.2, 0.25) is 0 Å². The lowest BCUT2D eigenvalue weighted by atomic mass is 10.0. The molecular formula is C15H12BrClF3N. The molecule has 0 fully saturated rings. The molecule has 0 heterocycles. The molecule has 0 aromatic heterocycles. The van der Waals surface area contributed by atoms with Crippen LogP contribution in [0, 0.1) is 0 Å². The van der Waals surface area contributed by atoms with E-state index in [2.05, 4.69) is 21.2 Å². The molecule has 0 bridgehead atoms. The van der Waals surface area contributed by atoms with E-state index in [1.807, 2.05) is 0 Å². The molecule has 6 heteroatoms. The maximum atomic E-state index is 12.8. The first-order valence-corrected chi connectivity index (χ1v) is 7.35. The predicted molar refractivity (Wildman–Crippen MR) is 82.6 cm³/mol. The largest absolute Gasteiger partial charge is 0.391 e. The third kappa shape index (κ3) is 4.93. The Morgan fingerprint density at radius 2 is 1.76 bits per heavy atom. The maximum absolute atomic E-state index is 12.8. The molecule has 2 aromatic rings. The second kappa shape index (κ2) is 6.71. The smallest absolute Gasteiger partial charge is 0.377 e. The van der Waals surface area contributed by atoms with Gasteiger partial charge in [-0.2, -0.15) is 13.2 Å². The summed E-state index contributed by atoms with van der Waals surface area (Å²) in [6.07, 6.45) is -5.21. The summed E-state index contributed by atoms with van der Waals surface area (Å²) in [6.45, 7) is 0. The van der Waals surface area contributed by atoms with Crippen molar-refractivity contribution < 1.29 is 13.2 Å². The van der Waals surface area contributed by atoms with Crippen LogP contribution in [0.2, 0.25) is 5.02 Å². The summed E-state index contributed by atoms with van der Waals surface area (Å²) in [4.78, 5) is 0. The zero-order valence-electron chi connectivity index (χ0n) is 10.8. The highest BCUT2D eigenvalue weighted by molar-refractivity contribution is 9.10. The molecule has 0 aliphatic heterocycles. The summed E-state index contributed by atoms with van der Waals surface area (Å²) in [7, 11) is 0. The molecule has 0 aliphatic rings. The second-order valence-corrected chi connectivity index (χ2v) is 5.84. The molecule has 112 valence electrons. The molecule has 1 N–H and O–H groups in total. The van der Waals surface area contributed by atoms with Gasteiger partial charge in [-0.15, -0.1) is 0 Å². The van der Waals surface area contributed by atoms with Gasteiger partial charge in [-0.25, -0.2) is 0 Å². The molecule has 0 amide bonds. The highest BCUT2D eigenvalue weighted by atomic mass is 79.9. The van der Waals surface area contributed by atoms with Gasteiger partial charge < -0.3 is 5.32 Å². The van der Waals surface area contributed by atoms with Gasteiger partial charge in [0, 0.05) is 15.2 Å². The summed E-state index contributed by atoms with van der Waals surface area (Å²) in [5.74, 6) is 0. The van der Waals surface area contributed by atoms with Crippen molar-refractivity contribution in [3.8, 4) is 0 Å². The Kier molecular flexibility index (Phi) is 5.17. The molecule has 1 nitrogen and oxygen atoms in total. The third-order valence-corrected chi connectivity index (χ3v) is 3.79. The first-order valence-electron chi connectivity index (χ1n) is 6.18. The van der Waals surface area contributed by atoms with Crippen molar-refractivity contribution in [3.63, 3.8) is 0 Å². The Morgan fingerprint density at radius 1 is 1.10 bits per heavy atom. The Balaban J connectivity index is 2.28. The van der Waals surface area contributed by atoms with Gasteiger partial charge in [0.25, 0.3) is 0 Å². The monoisotopic (exact) mass is 377 g/mol. The molecule has 2 rings (SSSR count).